The number of nitrogens with zero attached hydrogens (tertiary/aromatic N) is 4. The molecule has 0 radical (unpaired) electrons. The molecule has 134 valence electrons. The van der Waals surface area contributed by atoms with Gasteiger partial charge in [0.1, 0.15) is 11.5 Å². The molecule has 7 nitrogen and oxygen atoms in total. The second-order valence-electron chi connectivity index (χ2n) is 5.34. The molecule has 26 heavy (non-hydrogen) atoms. The Balaban J connectivity index is 1.69. The molecule has 0 aliphatic carbocycles. The van der Waals surface area contributed by atoms with Crippen LogP contribution in [-0.4, -0.2) is 31.8 Å². The third-order valence-electron chi connectivity index (χ3n) is 3.63. The normalized spacial score (nSPS) is 10.9. The monoisotopic (exact) mass is 359 g/mol. The molecule has 3 rings (SSSR count). The van der Waals surface area contributed by atoms with Gasteiger partial charge in [-0.1, -0.05) is 18.2 Å². The van der Waals surface area contributed by atoms with E-state index in [0.29, 0.717) is 5.69 Å². The first-order valence-electron chi connectivity index (χ1n) is 7.80. The van der Waals surface area contributed by atoms with Crippen molar-refractivity contribution in [2.24, 2.45) is 0 Å². The van der Waals surface area contributed by atoms with Gasteiger partial charge in [-0.3, -0.25) is 14.2 Å². The van der Waals surface area contributed by atoms with E-state index in [2.05, 4.69) is 15.4 Å². The van der Waals surface area contributed by atoms with E-state index < -0.39 is 12.5 Å². The molecule has 0 unspecified atom stereocenters. The van der Waals surface area contributed by atoms with Crippen molar-refractivity contribution >= 4 is 5.91 Å². The molecule has 0 saturated carbocycles. The molecule has 0 fully saturated rings. The van der Waals surface area contributed by atoms with Crippen molar-refractivity contribution in [3.05, 3.63) is 76.7 Å². The summed E-state index contributed by atoms with van der Waals surface area (Å²) in [6.07, 6.45) is 2.60. The lowest BCUT2D eigenvalue weighted by atomic mass is 10.3. The lowest BCUT2D eigenvalue weighted by Crippen LogP contribution is -2.30. The summed E-state index contributed by atoms with van der Waals surface area (Å²) in [7, 11) is 0. The summed E-state index contributed by atoms with van der Waals surface area (Å²) in [5, 5.41) is 6.64. The molecule has 0 saturated heterocycles. The molecule has 9 heteroatoms. The number of alkyl halides is 2. The van der Waals surface area contributed by atoms with Crippen LogP contribution in [0.1, 0.15) is 22.9 Å². The van der Waals surface area contributed by atoms with Crippen molar-refractivity contribution < 1.29 is 13.6 Å². The summed E-state index contributed by atoms with van der Waals surface area (Å²) >= 11 is 0. The molecule has 1 N–H and O–H groups in total. The molecule has 1 amide bonds. The van der Waals surface area contributed by atoms with Crippen LogP contribution in [0.4, 0.5) is 8.78 Å². The van der Waals surface area contributed by atoms with Gasteiger partial charge in [0.2, 0.25) is 0 Å². The van der Waals surface area contributed by atoms with Crippen LogP contribution in [0, 0.1) is 0 Å². The zero-order valence-corrected chi connectivity index (χ0v) is 13.5. The van der Waals surface area contributed by atoms with E-state index >= 15 is 0 Å². The number of hydrogen-bond donors (Lipinski definition) is 1. The number of carbonyl (C=O) groups is 1. The predicted octanol–water partition coefficient (Wildman–Crippen LogP) is 1.80. The third-order valence-corrected chi connectivity index (χ3v) is 3.63. The fraction of sp³-hybridized carbons (Fsp3) is 0.176. The van der Waals surface area contributed by atoms with Crippen LogP contribution in [-0.2, 0) is 6.42 Å². The number of hydrogen-bond acceptors (Lipinski definition) is 4. The fourth-order valence-electron chi connectivity index (χ4n) is 2.38. The number of halogens is 2. The Labute approximate surface area is 146 Å². The Hall–Kier alpha value is -3.36. The predicted molar refractivity (Wildman–Crippen MR) is 89.4 cm³/mol. The van der Waals surface area contributed by atoms with E-state index in [1.807, 2.05) is 0 Å². The fourth-order valence-corrected chi connectivity index (χ4v) is 2.38. The van der Waals surface area contributed by atoms with Gasteiger partial charge < -0.3 is 5.32 Å². The number of benzene rings is 1. The minimum Gasteiger partial charge on any atom is -0.350 e. The van der Waals surface area contributed by atoms with Crippen LogP contribution in [0.5, 0.6) is 0 Å². The Morgan fingerprint density at radius 3 is 2.65 bits per heavy atom. The summed E-state index contributed by atoms with van der Waals surface area (Å²) in [5.41, 5.74) is 0.212. The zero-order valence-electron chi connectivity index (χ0n) is 13.5. The quantitative estimate of drug-likeness (QED) is 0.728. The Kier molecular flexibility index (Phi) is 5.16. The average Bonchev–Trinajstić information content (AvgIpc) is 3.11. The number of aromatic nitrogens is 4. The smallest absolute Gasteiger partial charge is 0.319 e. The molecule has 2 aromatic heterocycles. The molecule has 1 aromatic carbocycles. The number of imidazole rings is 1. The molecule has 0 bridgehead atoms. The van der Waals surface area contributed by atoms with Crippen LogP contribution >= 0.6 is 0 Å². The largest absolute Gasteiger partial charge is 0.350 e. The zero-order chi connectivity index (χ0) is 18.5. The van der Waals surface area contributed by atoms with E-state index in [0.717, 1.165) is 9.25 Å². The van der Waals surface area contributed by atoms with Crippen molar-refractivity contribution in [3.63, 3.8) is 0 Å². The van der Waals surface area contributed by atoms with E-state index in [-0.39, 0.29) is 30.0 Å². The van der Waals surface area contributed by atoms with Gasteiger partial charge in [-0.15, -0.1) is 0 Å². The topological polar surface area (TPSA) is 81.8 Å². The molecule has 0 aliphatic rings. The van der Waals surface area contributed by atoms with Crippen LogP contribution in [0.25, 0.3) is 5.69 Å². The van der Waals surface area contributed by atoms with Gasteiger partial charge in [-0.05, 0) is 18.2 Å². The van der Waals surface area contributed by atoms with Gasteiger partial charge in [0.15, 0.2) is 0 Å². The number of carbonyl (C=O) groups excluding carboxylic acids is 1. The lowest BCUT2D eigenvalue weighted by Gasteiger charge is -2.09. The number of amides is 1. The molecule has 0 atom stereocenters. The van der Waals surface area contributed by atoms with E-state index in [1.54, 1.807) is 30.3 Å². The van der Waals surface area contributed by atoms with Crippen molar-refractivity contribution in [1.82, 2.24) is 24.6 Å². The van der Waals surface area contributed by atoms with Crippen molar-refractivity contribution in [2.75, 3.05) is 6.54 Å². The van der Waals surface area contributed by atoms with E-state index in [9.17, 15) is 18.4 Å². The van der Waals surface area contributed by atoms with Crippen LogP contribution in [0.2, 0.25) is 0 Å². The maximum atomic E-state index is 12.7. The van der Waals surface area contributed by atoms with Gasteiger partial charge in [-0.25, -0.2) is 4.98 Å². The van der Waals surface area contributed by atoms with Crippen LogP contribution < -0.4 is 10.9 Å². The summed E-state index contributed by atoms with van der Waals surface area (Å²) in [5.74, 6) is -0.340. The minimum atomic E-state index is -2.68. The van der Waals surface area contributed by atoms with Gasteiger partial charge in [-0.2, -0.15) is 18.6 Å². The van der Waals surface area contributed by atoms with E-state index in [4.69, 9.17) is 0 Å². The first-order chi connectivity index (χ1) is 12.6. The molecule has 0 aliphatic heterocycles. The number of nitrogens with one attached hydrogen (secondary N) is 1. The van der Waals surface area contributed by atoms with Crippen molar-refractivity contribution in [3.8, 4) is 5.69 Å². The van der Waals surface area contributed by atoms with Crippen LogP contribution in [0.3, 0.4) is 0 Å². The Bertz CT molecular complexity index is 953. The Morgan fingerprint density at radius 1 is 1.15 bits per heavy atom. The Morgan fingerprint density at radius 2 is 1.92 bits per heavy atom. The molecular weight excluding hydrogens is 344 g/mol. The van der Waals surface area contributed by atoms with Crippen molar-refractivity contribution in [2.45, 2.75) is 13.0 Å². The minimum absolute atomic E-state index is 0.0469. The van der Waals surface area contributed by atoms with Gasteiger partial charge in [0, 0.05) is 31.4 Å². The molecular formula is C17H15F2N5O2. The van der Waals surface area contributed by atoms with Gasteiger partial charge in [0.05, 0.1) is 5.69 Å². The summed E-state index contributed by atoms with van der Waals surface area (Å²) in [4.78, 5) is 28.0. The maximum Gasteiger partial charge on any atom is 0.319 e. The highest BCUT2D eigenvalue weighted by Crippen LogP contribution is 2.12. The molecule has 3 aromatic rings. The molecule has 0 spiro atoms. The highest BCUT2D eigenvalue weighted by molar-refractivity contribution is 5.92. The van der Waals surface area contributed by atoms with E-state index in [1.165, 1.54) is 24.5 Å². The standard InChI is InChI=1S/C17H15F2N5O2/c18-17(19)23-11-10-20-14(23)8-9-21-16(26)13-6-7-15(25)24(22-13)12-4-2-1-3-5-12/h1-7,10-11,17H,8-9H2,(H,21,26). The van der Waals surface area contributed by atoms with Crippen LogP contribution in [0.15, 0.2) is 59.7 Å². The van der Waals surface area contributed by atoms with Gasteiger partial charge in [0.25, 0.3) is 11.5 Å². The van der Waals surface area contributed by atoms with Crippen molar-refractivity contribution in [1.29, 1.82) is 0 Å². The molecule has 2 heterocycles. The number of rotatable bonds is 6. The first-order valence-corrected chi connectivity index (χ1v) is 7.80. The summed E-state index contributed by atoms with van der Waals surface area (Å²) in [6.45, 7) is -2.58. The highest BCUT2D eigenvalue weighted by atomic mass is 19.3. The average molecular weight is 359 g/mol. The first kappa shape index (κ1) is 17.5. The van der Waals surface area contributed by atoms with Gasteiger partial charge >= 0.3 is 6.55 Å². The SMILES string of the molecule is O=C(NCCc1nccn1C(F)F)c1ccc(=O)n(-c2ccccc2)n1. The summed E-state index contributed by atoms with van der Waals surface area (Å²) < 4.78 is 27.4. The second-order valence-corrected chi connectivity index (χ2v) is 5.34. The summed E-state index contributed by atoms with van der Waals surface area (Å²) in [6, 6.07) is 11.3. The third kappa shape index (κ3) is 3.82. The lowest BCUT2D eigenvalue weighted by molar-refractivity contribution is 0.0670. The highest BCUT2D eigenvalue weighted by Gasteiger charge is 2.13. The number of para-hydroxylation sites is 1. The second kappa shape index (κ2) is 7.68. The maximum absolute atomic E-state index is 12.7.